The number of aromatic hydroxyl groups is 1. The summed E-state index contributed by atoms with van der Waals surface area (Å²) in [5.74, 6) is -0.657. The topological polar surface area (TPSA) is 141 Å². The highest BCUT2D eigenvalue weighted by Crippen LogP contribution is 2.24. The second-order valence-corrected chi connectivity index (χ2v) is 6.19. The molecule has 3 rings (SSSR count). The van der Waals surface area contributed by atoms with E-state index in [-0.39, 0.29) is 29.6 Å². The minimum Gasteiger partial charge on any atom is -0.493 e. The van der Waals surface area contributed by atoms with Gasteiger partial charge in [-0.25, -0.2) is 4.79 Å². The van der Waals surface area contributed by atoms with Crippen molar-refractivity contribution >= 4 is 11.6 Å². The van der Waals surface area contributed by atoms with Crippen LogP contribution in [0.2, 0.25) is 0 Å². The predicted octanol–water partition coefficient (Wildman–Crippen LogP) is 1.89. The average molecular weight is 382 g/mol. The highest BCUT2D eigenvalue weighted by atomic mass is 16.6. The molecule has 3 aromatic rings. The van der Waals surface area contributed by atoms with Crippen molar-refractivity contribution in [3.8, 4) is 17.0 Å². The molecule has 2 aromatic carbocycles. The first kappa shape index (κ1) is 18.9. The van der Waals surface area contributed by atoms with E-state index in [0.717, 1.165) is 16.7 Å². The number of nitro benzene ring substituents is 1. The number of rotatable bonds is 7. The fourth-order valence-electron chi connectivity index (χ4n) is 2.77. The molecule has 0 atom stereocenters. The van der Waals surface area contributed by atoms with Crippen molar-refractivity contribution in [2.24, 2.45) is 0 Å². The van der Waals surface area contributed by atoms with E-state index in [9.17, 15) is 24.8 Å². The van der Waals surface area contributed by atoms with E-state index >= 15 is 0 Å². The van der Waals surface area contributed by atoms with Crippen LogP contribution in [-0.4, -0.2) is 32.4 Å². The third-order valence-electron chi connectivity index (χ3n) is 4.20. The normalized spacial score (nSPS) is 10.6. The Morgan fingerprint density at radius 3 is 2.50 bits per heavy atom. The molecule has 9 heteroatoms. The maximum absolute atomic E-state index is 11.9. The number of nitro groups is 1. The Hall–Kier alpha value is -3.88. The first-order valence-corrected chi connectivity index (χ1v) is 8.53. The van der Waals surface area contributed by atoms with E-state index in [1.165, 1.54) is 12.1 Å². The van der Waals surface area contributed by atoms with Gasteiger partial charge in [0.05, 0.1) is 17.0 Å². The van der Waals surface area contributed by atoms with Crippen molar-refractivity contribution in [3.63, 3.8) is 0 Å². The van der Waals surface area contributed by atoms with Crippen LogP contribution in [0, 0.1) is 10.1 Å². The van der Waals surface area contributed by atoms with Crippen LogP contribution in [-0.2, 0) is 17.6 Å². The van der Waals surface area contributed by atoms with Gasteiger partial charge in [0.15, 0.2) is 0 Å². The van der Waals surface area contributed by atoms with Gasteiger partial charge >= 0.3 is 5.69 Å². The highest BCUT2D eigenvalue weighted by molar-refractivity contribution is 5.78. The lowest BCUT2D eigenvalue weighted by molar-refractivity contribution is -0.384. The Balaban J connectivity index is 1.54. The Labute approximate surface area is 159 Å². The number of aromatic nitrogens is 2. The Morgan fingerprint density at radius 1 is 1.11 bits per heavy atom. The van der Waals surface area contributed by atoms with Crippen LogP contribution in [0.1, 0.15) is 11.3 Å². The monoisotopic (exact) mass is 382 g/mol. The summed E-state index contributed by atoms with van der Waals surface area (Å²) in [6.07, 6.45) is 0.465. The number of hydrogen-bond donors (Lipinski definition) is 4. The minimum absolute atomic E-state index is 0.0408. The lowest BCUT2D eigenvalue weighted by Gasteiger charge is -2.07. The summed E-state index contributed by atoms with van der Waals surface area (Å²) in [6.45, 7) is 0.393. The van der Waals surface area contributed by atoms with Gasteiger partial charge in [-0.2, -0.15) is 0 Å². The van der Waals surface area contributed by atoms with Gasteiger partial charge in [0.2, 0.25) is 11.8 Å². The van der Waals surface area contributed by atoms with Crippen LogP contribution >= 0.6 is 0 Å². The van der Waals surface area contributed by atoms with E-state index < -0.39 is 10.6 Å². The number of carbonyl (C=O) groups excluding carboxylic acids is 1. The van der Waals surface area contributed by atoms with Crippen molar-refractivity contribution in [1.29, 1.82) is 0 Å². The molecule has 0 saturated heterocycles. The van der Waals surface area contributed by atoms with E-state index in [1.54, 1.807) is 6.07 Å². The summed E-state index contributed by atoms with van der Waals surface area (Å²) < 4.78 is 0. The zero-order valence-electron chi connectivity index (χ0n) is 14.8. The average Bonchev–Trinajstić information content (AvgIpc) is 2.99. The standard InChI is InChI=1S/C19H18N4O5/c24-17(11-16-18(25)22-19(26)21-16)20-9-8-12-4-6-13(7-5-12)14-2-1-3-15(10-14)23(27)28/h1-7,10,25H,8-9,11H2,(H,20,24)(H2,21,22,26). The number of aromatic amines is 2. The molecular weight excluding hydrogens is 364 g/mol. The first-order valence-electron chi connectivity index (χ1n) is 8.53. The number of carbonyl (C=O) groups is 1. The molecule has 4 N–H and O–H groups in total. The summed E-state index contributed by atoms with van der Waals surface area (Å²) in [7, 11) is 0. The van der Waals surface area contributed by atoms with Crippen LogP contribution in [0.3, 0.4) is 0 Å². The van der Waals surface area contributed by atoms with Crippen LogP contribution in [0.5, 0.6) is 5.88 Å². The largest absolute Gasteiger partial charge is 0.493 e. The quantitative estimate of drug-likeness (QED) is 0.365. The van der Waals surface area contributed by atoms with Crippen molar-refractivity contribution < 1.29 is 14.8 Å². The smallest absolute Gasteiger partial charge is 0.325 e. The lowest BCUT2D eigenvalue weighted by Crippen LogP contribution is -2.27. The number of benzene rings is 2. The fourth-order valence-corrected chi connectivity index (χ4v) is 2.77. The number of nitrogens with one attached hydrogen (secondary N) is 3. The van der Waals surface area contributed by atoms with Crippen LogP contribution in [0.25, 0.3) is 11.1 Å². The fraction of sp³-hybridized carbons (Fsp3) is 0.158. The summed E-state index contributed by atoms with van der Waals surface area (Å²) in [5.41, 5.74) is 2.23. The molecule has 144 valence electrons. The molecule has 9 nitrogen and oxygen atoms in total. The zero-order valence-corrected chi connectivity index (χ0v) is 14.8. The molecule has 0 radical (unpaired) electrons. The van der Waals surface area contributed by atoms with Crippen molar-refractivity contribution in [1.82, 2.24) is 15.3 Å². The molecule has 0 saturated carbocycles. The molecule has 1 amide bonds. The van der Waals surface area contributed by atoms with Crippen LogP contribution in [0.4, 0.5) is 5.69 Å². The third-order valence-corrected chi connectivity index (χ3v) is 4.20. The van der Waals surface area contributed by atoms with Crippen LogP contribution in [0.15, 0.2) is 53.3 Å². The van der Waals surface area contributed by atoms with Gasteiger partial charge in [0, 0.05) is 18.7 Å². The summed E-state index contributed by atoms with van der Waals surface area (Å²) in [4.78, 5) is 37.9. The van der Waals surface area contributed by atoms with Crippen molar-refractivity contribution in [2.75, 3.05) is 6.54 Å². The second kappa shape index (κ2) is 8.21. The molecule has 0 aliphatic rings. The van der Waals surface area contributed by atoms with E-state index in [1.807, 2.05) is 30.3 Å². The molecule has 28 heavy (non-hydrogen) atoms. The summed E-state index contributed by atoms with van der Waals surface area (Å²) in [6, 6.07) is 14.0. The molecule has 1 heterocycles. The van der Waals surface area contributed by atoms with Gasteiger partial charge in [0.25, 0.3) is 5.69 Å². The van der Waals surface area contributed by atoms with Gasteiger partial charge in [-0.15, -0.1) is 0 Å². The molecule has 1 aromatic heterocycles. The number of amides is 1. The number of nitrogens with zero attached hydrogens (tertiary/aromatic N) is 1. The second-order valence-electron chi connectivity index (χ2n) is 6.19. The van der Waals surface area contributed by atoms with E-state index in [2.05, 4.69) is 15.3 Å². The minimum atomic E-state index is -0.566. The molecular formula is C19H18N4O5. The molecule has 0 bridgehead atoms. The summed E-state index contributed by atoms with van der Waals surface area (Å²) in [5, 5.41) is 23.1. The summed E-state index contributed by atoms with van der Waals surface area (Å²) >= 11 is 0. The molecule has 0 spiro atoms. The maximum Gasteiger partial charge on any atom is 0.325 e. The van der Waals surface area contributed by atoms with Gasteiger partial charge in [-0.05, 0) is 23.1 Å². The maximum atomic E-state index is 11.9. The lowest BCUT2D eigenvalue weighted by atomic mass is 10.0. The Morgan fingerprint density at radius 2 is 1.86 bits per heavy atom. The van der Waals surface area contributed by atoms with Gasteiger partial charge in [-0.1, -0.05) is 36.4 Å². The molecule has 0 unspecified atom stereocenters. The third kappa shape index (κ3) is 4.64. The SMILES string of the molecule is O=C(Cc1[nH]c(=O)[nH]c1O)NCCc1ccc(-c2cccc([N+](=O)[O-])c2)cc1. The number of non-ortho nitro benzene ring substituents is 1. The van der Waals surface area contributed by atoms with Crippen molar-refractivity contribution in [3.05, 3.63) is 80.4 Å². The van der Waals surface area contributed by atoms with Gasteiger partial charge < -0.3 is 15.4 Å². The highest BCUT2D eigenvalue weighted by Gasteiger charge is 2.11. The first-order chi connectivity index (χ1) is 13.4. The van der Waals surface area contributed by atoms with Crippen LogP contribution < -0.4 is 11.0 Å². The number of hydrogen-bond acceptors (Lipinski definition) is 5. The predicted molar refractivity (Wildman–Crippen MR) is 102 cm³/mol. The Kier molecular flexibility index (Phi) is 5.54. The number of H-pyrrole nitrogens is 2. The van der Waals surface area contributed by atoms with E-state index in [0.29, 0.717) is 13.0 Å². The van der Waals surface area contributed by atoms with E-state index in [4.69, 9.17) is 0 Å². The Bertz CT molecular complexity index is 1050. The van der Waals surface area contributed by atoms with Gasteiger partial charge in [-0.3, -0.25) is 19.9 Å². The molecule has 0 fully saturated rings. The molecule has 0 aliphatic carbocycles. The molecule has 0 aliphatic heterocycles. The van der Waals surface area contributed by atoms with Crippen molar-refractivity contribution in [2.45, 2.75) is 12.8 Å². The van der Waals surface area contributed by atoms with Gasteiger partial charge in [0.1, 0.15) is 0 Å². The number of imidazole rings is 1. The zero-order chi connectivity index (χ0) is 20.1.